The Morgan fingerprint density at radius 2 is 2.10 bits per heavy atom. The van der Waals surface area contributed by atoms with Crippen molar-refractivity contribution in [3.8, 4) is 11.5 Å². The van der Waals surface area contributed by atoms with E-state index < -0.39 is 6.10 Å². The van der Waals surface area contributed by atoms with Crippen molar-refractivity contribution in [2.75, 3.05) is 25.6 Å². The summed E-state index contributed by atoms with van der Waals surface area (Å²) in [5.74, 6) is 1.28. The Morgan fingerprint density at radius 1 is 1.29 bits per heavy atom. The van der Waals surface area contributed by atoms with Gasteiger partial charge in [0.05, 0.1) is 12.7 Å². The second-order valence-electron chi connectivity index (χ2n) is 4.81. The smallest absolute Gasteiger partial charge is 0.180 e. The van der Waals surface area contributed by atoms with E-state index in [0.717, 1.165) is 17.0 Å². The lowest BCUT2D eigenvalue weighted by atomic mass is 10.2. The maximum absolute atomic E-state index is 9.71. The number of methoxy groups -OCH3 is 1. The summed E-state index contributed by atoms with van der Waals surface area (Å²) in [4.78, 5) is 13.2. The Morgan fingerprint density at radius 3 is 2.76 bits per heavy atom. The predicted molar refractivity (Wildman–Crippen MR) is 81.1 cm³/mol. The molecule has 6 heteroatoms. The van der Waals surface area contributed by atoms with Gasteiger partial charge in [-0.2, -0.15) is 0 Å². The molecule has 1 atom stereocenters. The standard InChI is InChI=1S/C15H20N4O2/c1-10-11(2)18-15(13-6-4-5-7-16-13)19-14(10)17-8-12(20)9-21-3/h4-7,12,20H,8-9H2,1-3H3,(H,17,18,19). The SMILES string of the molecule is COCC(O)CNc1nc(-c2ccccn2)nc(C)c1C. The lowest BCUT2D eigenvalue weighted by molar-refractivity contribution is 0.0727. The summed E-state index contributed by atoms with van der Waals surface area (Å²) in [7, 11) is 1.56. The van der Waals surface area contributed by atoms with Gasteiger partial charge < -0.3 is 15.2 Å². The van der Waals surface area contributed by atoms with Crippen LogP contribution in [-0.4, -0.2) is 46.4 Å². The van der Waals surface area contributed by atoms with E-state index in [-0.39, 0.29) is 6.61 Å². The summed E-state index contributed by atoms with van der Waals surface area (Å²) in [6, 6.07) is 5.62. The molecule has 0 saturated heterocycles. The summed E-state index contributed by atoms with van der Waals surface area (Å²) in [5, 5.41) is 12.9. The number of ether oxygens (including phenoxy) is 1. The molecule has 0 saturated carbocycles. The summed E-state index contributed by atoms with van der Waals surface area (Å²) in [6.07, 6.45) is 1.13. The molecule has 0 aromatic carbocycles. The fourth-order valence-electron chi connectivity index (χ4n) is 1.88. The van der Waals surface area contributed by atoms with E-state index in [1.807, 2.05) is 32.0 Å². The van der Waals surface area contributed by atoms with Crippen molar-refractivity contribution in [1.29, 1.82) is 0 Å². The van der Waals surface area contributed by atoms with E-state index in [1.54, 1.807) is 13.3 Å². The van der Waals surface area contributed by atoms with E-state index in [0.29, 0.717) is 18.2 Å². The summed E-state index contributed by atoms with van der Waals surface area (Å²) >= 11 is 0. The molecule has 2 aromatic heterocycles. The number of aromatic nitrogens is 3. The van der Waals surface area contributed by atoms with Crippen molar-refractivity contribution in [1.82, 2.24) is 15.0 Å². The third-order valence-corrected chi connectivity index (χ3v) is 3.15. The van der Waals surface area contributed by atoms with Gasteiger partial charge in [0.2, 0.25) is 0 Å². The molecular weight excluding hydrogens is 268 g/mol. The fourth-order valence-corrected chi connectivity index (χ4v) is 1.88. The highest BCUT2D eigenvalue weighted by Crippen LogP contribution is 2.20. The van der Waals surface area contributed by atoms with Gasteiger partial charge in [-0.15, -0.1) is 0 Å². The van der Waals surface area contributed by atoms with E-state index in [1.165, 1.54) is 0 Å². The number of anilines is 1. The van der Waals surface area contributed by atoms with Crippen LogP contribution in [0.25, 0.3) is 11.5 Å². The third-order valence-electron chi connectivity index (χ3n) is 3.15. The number of hydrogen-bond acceptors (Lipinski definition) is 6. The lowest BCUT2D eigenvalue weighted by Gasteiger charge is -2.14. The molecule has 0 aliphatic heterocycles. The van der Waals surface area contributed by atoms with E-state index in [4.69, 9.17) is 4.74 Å². The van der Waals surface area contributed by atoms with Gasteiger partial charge in [-0.25, -0.2) is 9.97 Å². The first-order valence-corrected chi connectivity index (χ1v) is 6.79. The van der Waals surface area contributed by atoms with Crippen LogP contribution in [0.2, 0.25) is 0 Å². The molecular formula is C15H20N4O2. The molecule has 2 rings (SSSR count). The van der Waals surface area contributed by atoms with Gasteiger partial charge in [0.15, 0.2) is 5.82 Å². The largest absolute Gasteiger partial charge is 0.389 e. The zero-order valence-electron chi connectivity index (χ0n) is 12.5. The van der Waals surface area contributed by atoms with Crippen LogP contribution in [0.1, 0.15) is 11.3 Å². The Hall–Kier alpha value is -2.05. The van der Waals surface area contributed by atoms with E-state index >= 15 is 0 Å². The maximum Gasteiger partial charge on any atom is 0.180 e. The number of rotatable bonds is 6. The molecule has 0 radical (unpaired) electrons. The zero-order valence-corrected chi connectivity index (χ0v) is 12.5. The van der Waals surface area contributed by atoms with Crippen molar-refractivity contribution in [3.05, 3.63) is 35.7 Å². The van der Waals surface area contributed by atoms with Gasteiger partial charge in [0.25, 0.3) is 0 Å². The van der Waals surface area contributed by atoms with Gasteiger partial charge in [-0.3, -0.25) is 4.98 Å². The number of aliphatic hydroxyl groups excluding tert-OH is 1. The first-order valence-electron chi connectivity index (χ1n) is 6.79. The second-order valence-corrected chi connectivity index (χ2v) is 4.81. The number of aliphatic hydroxyl groups is 1. The molecule has 2 heterocycles. The second kappa shape index (κ2) is 7.10. The first-order chi connectivity index (χ1) is 10.1. The van der Waals surface area contributed by atoms with Gasteiger partial charge in [0.1, 0.15) is 11.5 Å². The minimum atomic E-state index is -0.581. The molecule has 0 aliphatic carbocycles. The lowest BCUT2D eigenvalue weighted by Crippen LogP contribution is -2.25. The summed E-state index contributed by atoms with van der Waals surface area (Å²) < 4.78 is 4.91. The molecule has 0 amide bonds. The third kappa shape index (κ3) is 3.96. The predicted octanol–water partition coefficient (Wildman–Crippen LogP) is 1.57. The molecule has 6 nitrogen and oxygen atoms in total. The number of hydrogen-bond donors (Lipinski definition) is 2. The monoisotopic (exact) mass is 288 g/mol. The molecule has 0 fully saturated rings. The van der Waals surface area contributed by atoms with Crippen LogP contribution in [0.15, 0.2) is 24.4 Å². The highest BCUT2D eigenvalue weighted by atomic mass is 16.5. The fraction of sp³-hybridized carbons (Fsp3) is 0.400. The highest BCUT2D eigenvalue weighted by Gasteiger charge is 2.11. The van der Waals surface area contributed by atoms with Gasteiger partial charge in [-0.1, -0.05) is 6.07 Å². The van der Waals surface area contributed by atoms with Gasteiger partial charge in [-0.05, 0) is 26.0 Å². The van der Waals surface area contributed by atoms with Gasteiger partial charge in [0, 0.05) is 31.1 Å². The van der Waals surface area contributed by atoms with Crippen LogP contribution in [0.4, 0.5) is 5.82 Å². The Bertz CT molecular complexity index is 590. The Kier molecular flexibility index (Phi) is 5.19. The van der Waals surface area contributed by atoms with E-state index in [9.17, 15) is 5.11 Å². The molecule has 0 aliphatic rings. The topological polar surface area (TPSA) is 80.2 Å². The molecule has 0 spiro atoms. The van der Waals surface area contributed by atoms with Crippen LogP contribution >= 0.6 is 0 Å². The maximum atomic E-state index is 9.71. The molecule has 1 unspecified atom stereocenters. The molecule has 2 aromatic rings. The molecule has 2 N–H and O–H groups in total. The number of nitrogens with zero attached hydrogens (tertiary/aromatic N) is 3. The number of nitrogens with one attached hydrogen (secondary N) is 1. The number of pyridine rings is 1. The van der Waals surface area contributed by atoms with Crippen molar-refractivity contribution < 1.29 is 9.84 Å². The number of aryl methyl sites for hydroxylation is 1. The van der Waals surface area contributed by atoms with Gasteiger partial charge >= 0.3 is 0 Å². The Labute approximate surface area is 124 Å². The van der Waals surface area contributed by atoms with Crippen LogP contribution < -0.4 is 5.32 Å². The van der Waals surface area contributed by atoms with Crippen LogP contribution in [-0.2, 0) is 4.74 Å². The summed E-state index contributed by atoms with van der Waals surface area (Å²) in [6.45, 7) is 4.53. The average molecular weight is 288 g/mol. The minimum absolute atomic E-state index is 0.281. The highest BCUT2D eigenvalue weighted by molar-refractivity contribution is 5.56. The van der Waals surface area contributed by atoms with Crippen molar-refractivity contribution in [2.24, 2.45) is 0 Å². The first kappa shape index (κ1) is 15.3. The zero-order chi connectivity index (χ0) is 15.2. The normalized spacial score (nSPS) is 12.2. The summed E-state index contributed by atoms with van der Waals surface area (Å²) in [5.41, 5.74) is 2.56. The van der Waals surface area contributed by atoms with Crippen molar-refractivity contribution in [2.45, 2.75) is 20.0 Å². The van der Waals surface area contributed by atoms with Crippen LogP contribution in [0.5, 0.6) is 0 Å². The van der Waals surface area contributed by atoms with Crippen LogP contribution in [0, 0.1) is 13.8 Å². The van der Waals surface area contributed by atoms with Crippen LogP contribution in [0.3, 0.4) is 0 Å². The minimum Gasteiger partial charge on any atom is -0.389 e. The molecule has 112 valence electrons. The average Bonchev–Trinajstić information content (AvgIpc) is 2.50. The Balaban J connectivity index is 2.23. The molecule has 0 bridgehead atoms. The molecule has 21 heavy (non-hydrogen) atoms. The van der Waals surface area contributed by atoms with E-state index in [2.05, 4.69) is 20.3 Å². The quantitative estimate of drug-likeness (QED) is 0.840. The van der Waals surface area contributed by atoms with Crippen molar-refractivity contribution in [3.63, 3.8) is 0 Å². The van der Waals surface area contributed by atoms with Crippen molar-refractivity contribution >= 4 is 5.82 Å².